The quantitative estimate of drug-likeness (QED) is 0.214. The van der Waals surface area contributed by atoms with Gasteiger partial charge in [-0.25, -0.2) is 9.37 Å². The van der Waals surface area contributed by atoms with E-state index in [1.807, 2.05) is 13.1 Å². The van der Waals surface area contributed by atoms with E-state index in [1.165, 1.54) is 29.4 Å². The second-order valence-electron chi connectivity index (χ2n) is 12.2. The maximum Gasteiger partial charge on any atom is 0.416 e. The van der Waals surface area contributed by atoms with Crippen molar-refractivity contribution in [1.82, 2.24) is 24.6 Å². The second-order valence-corrected chi connectivity index (χ2v) is 12.2. The summed E-state index contributed by atoms with van der Waals surface area (Å²) in [6, 6.07) is 10.8. The molecule has 4 aromatic rings. The smallest absolute Gasteiger partial charge is 0.375 e. The summed E-state index contributed by atoms with van der Waals surface area (Å²) < 4.78 is 65.1. The fourth-order valence-electron chi connectivity index (χ4n) is 6.39. The molecule has 0 radical (unpaired) electrons. The van der Waals surface area contributed by atoms with E-state index >= 15 is 0 Å². The first-order chi connectivity index (χ1) is 21.6. The van der Waals surface area contributed by atoms with Gasteiger partial charge in [-0.2, -0.15) is 13.2 Å². The Bertz CT molecular complexity index is 1780. The topological polar surface area (TPSA) is 76.4 Å². The SMILES string of the molecule is CN1CCC[C@H]1COCc1cc2c(c(C(F)(F)F)c1)CN(c1cc(-c3ccc(F)cc3-c3nncn3C)cc(C3CC3)n1)C2=O. The van der Waals surface area contributed by atoms with E-state index in [2.05, 4.69) is 15.1 Å². The number of anilines is 1. The number of alkyl halides is 3. The van der Waals surface area contributed by atoms with E-state index < -0.39 is 23.5 Å². The highest BCUT2D eigenvalue weighted by Crippen LogP contribution is 2.44. The van der Waals surface area contributed by atoms with Crippen LogP contribution in [0.4, 0.5) is 23.4 Å². The zero-order valence-electron chi connectivity index (χ0n) is 24.9. The van der Waals surface area contributed by atoms with Crippen molar-refractivity contribution in [3.05, 3.63) is 82.6 Å². The third-order valence-electron chi connectivity index (χ3n) is 9.01. The number of ether oxygens (including phenoxy) is 1. The molecule has 2 aliphatic heterocycles. The number of likely N-dealkylation sites (N-methyl/N-ethyl adjacent to an activating group) is 1. The summed E-state index contributed by atoms with van der Waals surface area (Å²) in [6.07, 6.45) is 0.739. The number of carbonyl (C=O) groups is 1. The lowest BCUT2D eigenvalue weighted by atomic mass is 9.98. The zero-order chi connectivity index (χ0) is 31.5. The first kappa shape index (κ1) is 29.5. The molecule has 0 spiro atoms. The van der Waals surface area contributed by atoms with Crippen LogP contribution in [0.25, 0.3) is 22.5 Å². The maximum atomic E-state index is 14.4. The molecule has 2 fully saturated rings. The van der Waals surface area contributed by atoms with Crippen molar-refractivity contribution < 1.29 is 27.1 Å². The molecule has 0 bridgehead atoms. The Morgan fingerprint density at radius 1 is 1.00 bits per heavy atom. The van der Waals surface area contributed by atoms with E-state index in [9.17, 15) is 22.4 Å². The standard InChI is InChI=1S/C33H32F4N6O2/c1-41-9-3-4-23(41)17-45-16-19-10-26-27(28(11-19)33(35,36)37)15-43(32(26)44)30-13-21(12-29(39-30)20-5-6-20)24-8-7-22(34)14-25(24)31-40-38-18-42(31)2/h7-8,10-14,18,20,23H,3-6,9,15-17H2,1-2H3/t23-/m0/s1. The molecule has 12 heteroatoms. The van der Waals surface area contributed by atoms with Crippen molar-refractivity contribution in [1.29, 1.82) is 0 Å². The van der Waals surface area contributed by atoms with Crippen LogP contribution >= 0.6 is 0 Å². The Balaban J connectivity index is 1.25. The highest BCUT2D eigenvalue weighted by Gasteiger charge is 2.41. The van der Waals surface area contributed by atoms with Gasteiger partial charge in [-0.05, 0) is 97.9 Å². The Morgan fingerprint density at radius 3 is 2.51 bits per heavy atom. The van der Waals surface area contributed by atoms with Crippen LogP contribution in [0.1, 0.15) is 64.3 Å². The lowest BCUT2D eigenvalue weighted by Crippen LogP contribution is -2.29. The number of hydrogen-bond donors (Lipinski definition) is 0. The van der Waals surface area contributed by atoms with Gasteiger partial charge in [-0.15, -0.1) is 10.2 Å². The molecule has 4 heterocycles. The van der Waals surface area contributed by atoms with E-state index in [-0.39, 0.29) is 42.1 Å². The van der Waals surface area contributed by atoms with Gasteiger partial charge in [0.15, 0.2) is 5.82 Å². The van der Waals surface area contributed by atoms with Gasteiger partial charge in [0, 0.05) is 35.8 Å². The Labute approximate surface area is 257 Å². The van der Waals surface area contributed by atoms with Crippen LogP contribution in [0.3, 0.4) is 0 Å². The number of carbonyl (C=O) groups excluding carboxylic acids is 1. The van der Waals surface area contributed by atoms with Gasteiger partial charge in [0.1, 0.15) is 18.0 Å². The number of aryl methyl sites for hydroxylation is 1. The fourth-order valence-corrected chi connectivity index (χ4v) is 6.39. The fraction of sp³-hybridized carbons (Fsp3) is 0.394. The van der Waals surface area contributed by atoms with Crippen LogP contribution < -0.4 is 4.90 Å². The monoisotopic (exact) mass is 620 g/mol. The van der Waals surface area contributed by atoms with Crippen molar-refractivity contribution in [3.63, 3.8) is 0 Å². The van der Waals surface area contributed by atoms with Crippen LogP contribution in [-0.2, 0) is 31.1 Å². The Kier molecular flexibility index (Phi) is 7.44. The number of halogens is 4. The van der Waals surface area contributed by atoms with Gasteiger partial charge in [-0.3, -0.25) is 9.69 Å². The van der Waals surface area contributed by atoms with E-state index in [0.29, 0.717) is 34.7 Å². The lowest BCUT2D eigenvalue weighted by molar-refractivity contribution is -0.138. The predicted molar refractivity (Wildman–Crippen MR) is 159 cm³/mol. The molecular weight excluding hydrogens is 588 g/mol. The average molecular weight is 621 g/mol. The zero-order valence-corrected chi connectivity index (χ0v) is 24.9. The van der Waals surface area contributed by atoms with Crippen LogP contribution in [0, 0.1) is 5.82 Å². The van der Waals surface area contributed by atoms with Crippen molar-refractivity contribution in [2.45, 2.75) is 57.0 Å². The van der Waals surface area contributed by atoms with E-state index in [0.717, 1.165) is 44.0 Å². The number of aromatic nitrogens is 4. The Hall–Kier alpha value is -4.16. The van der Waals surface area contributed by atoms with Gasteiger partial charge < -0.3 is 14.2 Å². The van der Waals surface area contributed by atoms with Gasteiger partial charge in [0.05, 0.1) is 25.3 Å². The molecule has 1 saturated carbocycles. The summed E-state index contributed by atoms with van der Waals surface area (Å²) in [5, 5.41) is 8.09. The molecule has 7 rings (SSSR count). The largest absolute Gasteiger partial charge is 0.416 e. The molecule has 2 aromatic heterocycles. The molecule has 234 valence electrons. The molecule has 1 atom stereocenters. The molecule has 2 aromatic carbocycles. The van der Waals surface area contributed by atoms with Crippen molar-refractivity contribution in [2.24, 2.45) is 7.05 Å². The van der Waals surface area contributed by atoms with Gasteiger partial charge in [0.2, 0.25) is 0 Å². The summed E-state index contributed by atoms with van der Waals surface area (Å²) in [6.45, 7) is 1.09. The maximum absolute atomic E-state index is 14.4. The van der Waals surface area contributed by atoms with Crippen LogP contribution in [0.2, 0.25) is 0 Å². The van der Waals surface area contributed by atoms with Gasteiger partial charge in [-0.1, -0.05) is 6.07 Å². The minimum atomic E-state index is -4.66. The summed E-state index contributed by atoms with van der Waals surface area (Å²) in [4.78, 5) is 22.1. The minimum absolute atomic E-state index is 0.00291. The first-order valence-corrected chi connectivity index (χ1v) is 15.1. The van der Waals surface area contributed by atoms with E-state index in [1.54, 1.807) is 23.7 Å². The summed E-state index contributed by atoms with van der Waals surface area (Å²) >= 11 is 0. The molecule has 0 unspecified atom stereocenters. The molecule has 1 aliphatic carbocycles. The highest BCUT2D eigenvalue weighted by molar-refractivity contribution is 6.10. The third-order valence-corrected chi connectivity index (χ3v) is 9.01. The Morgan fingerprint density at radius 2 is 1.82 bits per heavy atom. The molecular formula is C33H32F4N6O2. The normalized spacial score (nSPS) is 18.7. The number of pyridine rings is 1. The number of hydrogen-bond acceptors (Lipinski definition) is 6. The highest BCUT2D eigenvalue weighted by atomic mass is 19.4. The van der Waals surface area contributed by atoms with Gasteiger partial charge >= 0.3 is 6.18 Å². The van der Waals surface area contributed by atoms with Crippen molar-refractivity contribution in [3.8, 4) is 22.5 Å². The molecule has 3 aliphatic rings. The van der Waals surface area contributed by atoms with Crippen LogP contribution in [0.5, 0.6) is 0 Å². The number of rotatable bonds is 8. The van der Waals surface area contributed by atoms with Crippen LogP contribution in [-0.4, -0.2) is 56.8 Å². The number of amides is 1. The first-order valence-electron chi connectivity index (χ1n) is 15.1. The molecule has 45 heavy (non-hydrogen) atoms. The average Bonchev–Trinajstić information content (AvgIpc) is 3.52. The number of likely N-dealkylation sites (tertiary alicyclic amines) is 1. The van der Waals surface area contributed by atoms with E-state index in [4.69, 9.17) is 9.72 Å². The van der Waals surface area contributed by atoms with Crippen LogP contribution in [0.15, 0.2) is 48.8 Å². The predicted octanol–water partition coefficient (Wildman–Crippen LogP) is 6.35. The van der Waals surface area contributed by atoms with Gasteiger partial charge in [0.25, 0.3) is 5.91 Å². The summed E-state index contributed by atoms with van der Waals surface area (Å²) in [7, 11) is 3.76. The molecule has 1 saturated heterocycles. The molecule has 1 amide bonds. The van der Waals surface area contributed by atoms with Crippen molar-refractivity contribution >= 4 is 11.7 Å². The second kappa shape index (κ2) is 11.3. The third kappa shape index (κ3) is 5.72. The molecule has 8 nitrogen and oxygen atoms in total. The number of nitrogens with zero attached hydrogens (tertiary/aromatic N) is 6. The lowest BCUT2D eigenvalue weighted by Gasteiger charge is -2.19. The van der Waals surface area contributed by atoms with Crippen molar-refractivity contribution in [2.75, 3.05) is 25.1 Å². The number of benzene rings is 2. The summed E-state index contributed by atoms with van der Waals surface area (Å²) in [5.41, 5.74) is 1.93. The molecule has 0 N–H and O–H groups in total. The number of fused-ring (bicyclic) bond motifs is 1. The summed E-state index contributed by atoms with van der Waals surface area (Å²) in [5.74, 6) is -0.125. The minimum Gasteiger partial charge on any atom is -0.375 e.